The molecule has 2 aromatic rings. The first-order chi connectivity index (χ1) is 17.9. The maximum absolute atomic E-state index is 13.5. The number of allylic oxidation sites excluding steroid dienone is 6. The Labute approximate surface area is 230 Å². The second kappa shape index (κ2) is 15.0. The zero-order valence-electron chi connectivity index (χ0n) is 23.4. The second-order valence-electron chi connectivity index (χ2n) is 10.2. The normalized spacial score (nSPS) is 14.3. The number of hydrogen-bond donors (Lipinski definition) is 0. The van der Waals surface area contributed by atoms with Crippen LogP contribution >= 0.6 is 0 Å². The summed E-state index contributed by atoms with van der Waals surface area (Å²) >= 11 is 0. The molecule has 0 spiro atoms. The summed E-state index contributed by atoms with van der Waals surface area (Å²) in [4.78, 5) is 0.666. The fourth-order valence-electron chi connectivity index (χ4n) is 4.06. The Kier molecular flexibility index (Phi) is 12.5. The summed E-state index contributed by atoms with van der Waals surface area (Å²) in [6.45, 7) is 10.0. The van der Waals surface area contributed by atoms with E-state index >= 15 is 0 Å². The van der Waals surface area contributed by atoms with E-state index in [-0.39, 0.29) is 5.75 Å². The van der Waals surface area contributed by atoms with Gasteiger partial charge in [-0.05, 0) is 91.0 Å². The van der Waals surface area contributed by atoms with Gasteiger partial charge in [-0.2, -0.15) is 0 Å². The van der Waals surface area contributed by atoms with E-state index in [1.165, 1.54) is 5.57 Å². The summed E-state index contributed by atoms with van der Waals surface area (Å²) < 4.78 is 52.1. The first-order valence-electron chi connectivity index (χ1n) is 13.1. The topological polar surface area (TPSA) is 68.3 Å². The molecule has 2 aromatic carbocycles. The van der Waals surface area contributed by atoms with Crippen molar-refractivity contribution < 1.29 is 16.8 Å². The molecule has 0 radical (unpaired) electrons. The van der Waals surface area contributed by atoms with Crippen molar-refractivity contribution in [2.75, 3.05) is 5.75 Å². The molecule has 0 N–H and O–H groups in total. The molecule has 4 nitrogen and oxygen atoms in total. The van der Waals surface area contributed by atoms with Crippen LogP contribution in [-0.2, 0) is 19.7 Å². The highest BCUT2D eigenvalue weighted by molar-refractivity contribution is 7.92. The van der Waals surface area contributed by atoms with Crippen molar-refractivity contribution in [3.8, 4) is 0 Å². The van der Waals surface area contributed by atoms with Gasteiger partial charge in [0.25, 0.3) is 0 Å². The summed E-state index contributed by atoms with van der Waals surface area (Å²) in [5, 5.41) is -0.638. The molecule has 0 heterocycles. The molecule has 6 heteroatoms. The third-order valence-electron chi connectivity index (χ3n) is 6.34. The first-order valence-corrected chi connectivity index (χ1v) is 16.3. The summed E-state index contributed by atoms with van der Waals surface area (Å²) in [5.74, 6) is -0.0280. The third kappa shape index (κ3) is 10.6. The van der Waals surface area contributed by atoms with Gasteiger partial charge in [-0.25, -0.2) is 16.8 Å². The molecule has 0 saturated carbocycles. The molecule has 0 aliphatic carbocycles. The average molecular weight is 555 g/mol. The fourth-order valence-corrected chi connectivity index (χ4v) is 7.11. The molecule has 38 heavy (non-hydrogen) atoms. The molecular weight excluding hydrogens is 512 g/mol. The average Bonchev–Trinajstić information content (AvgIpc) is 2.88. The van der Waals surface area contributed by atoms with Gasteiger partial charge in [-0.15, -0.1) is 0 Å². The molecule has 1 unspecified atom stereocenters. The zero-order valence-corrected chi connectivity index (χ0v) is 25.0. The van der Waals surface area contributed by atoms with Crippen molar-refractivity contribution in [2.45, 2.75) is 81.8 Å². The van der Waals surface area contributed by atoms with Crippen LogP contribution in [0.25, 0.3) is 0 Å². The Bertz CT molecular complexity index is 1360. The van der Waals surface area contributed by atoms with Crippen molar-refractivity contribution in [3.05, 3.63) is 107 Å². The van der Waals surface area contributed by atoms with Crippen LogP contribution in [-0.4, -0.2) is 27.8 Å². The Hall–Kier alpha value is -2.70. The van der Waals surface area contributed by atoms with Gasteiger partial charge >= 0.3 is 0 Å². The van der Waals surface area contributed by atoms with Gasteiger partial charge in [0.2, 0.25) is 0 Å². The number of sulfone groups is 2. The van der Waals surface area contributed by atoms with E-state index in [9.17, 15) is 16.8 Å². The molecule has 206 valence electrons. The highest BCUT2D eigenvalue weighted by Crippen LogP contribution is 2.25. The molecule has 0 bridgehead atoms. The minimum atomic E-state index is -3.54. The van der Waals surface area contributed by atoms with Crippen LogP contribution in [0.15, 0.2) is 117 Å². The van der Waals surface area contributed by atoms with Crippen molar-refractivity contribution in [1.82, 2.24) is 0 Å². The minimum absolute atomic E-state index is 0.0280. The van der Waals surface area contributed by atoms with Gasteiger partial charge in [-0.1, -0.05) is 83.0 Å². The smallest absolute Gasteiger partial charge is 0.185 e. The Morgan fingerprint density at radius 1 is 0.658 bits per heavy atom. The summed E-state index contributed by atoms with van der Waals surface area (Å²) in [6, 6.07) is 17.1. The lowest BCUT2D eigenvalue weighted by molar-refractivity contribution is 0.586. The van der Waals surface area contributed by atoms with Crippen molar-refractivity contribution in [3.63, 3.8) is 0 Å². The quantitative estimate of drug-likeness (QED) is 0.222. The molecule has 0 aliphatic rings. The maximum Gasteiger partial charge on any atom is 0.185 e. The zero-order chi connectivity index (χ0) is 28.2. The highest BCUT2D eigenvalue weighted by Gasteiger charge is 2.26. The van der Waals surface area contributed by atoms with Crippen molar-refractivity contribution in [2.24, 2.45) is 0 Å². The lowest BCUT2D eigenvalue weighted by Crippen LogP contribution is -2.20. The van der Waals surface area contributed by atoms with Gasteiger partial charge in [0, 0.05) is 0 Å². The third-order valence-corrected chi connectivity index (χ3v) is 9.97. The predicted octanol–water partition coefficient (Wildman–Crippen LogP) is 8.06. The van der Waals surface area contributed by atoms with Gasteiger partial charge in [-0.3, -0.25) is 0 Å². The van der Waals surface area contributed by atoms with E-state index in [2.05, 4.69) is 26.0 Å². The number of hydrogen-bond acceptors (Lipinski definition) is 4. The van der Waals surface area contributed by atoms with Gasteiger partial charge in [0.1, 0.15) is 0 Å². The Balaban J connectivity index is 2.11. The van der Waals surface area contributed by atoms with Crippen LogP contribution in [0.1, 0.15) is 66.7 Å². The Morgan fingerprint density at radius 3 is 1.76 bits per heavy atom. The van der Waals surface area contributed by atoms with Crippen LogP contribution in [0.5, 0.6) is 0 Å². The lowest BCUT2D eigenvalue weighted by Gasteiger charge is -2.16. The number of benzene rings is 2. The van der Waals surface area contributed by atoms with E-state index in [1.54, 1.807) is 60.7 Å². The predicted molar refractivity (Wildman–Crippen MR) is 160 cm³/mol. The molecule has 1 atom stereocenters. The standard InChI is InChI=1S/C32H42O4S2/c1-26(2)14-12-16-28(4)24-32(38(35,36)31-20-10-7-11-21-31)25-29(5)17-13-15-27(3)22-23-37(33,34)30-18-8-6-9-19-30/h6-11,14,17-22,24,32H,12-13,15-16,23,25H2,1-5H3/b27-22-,28-24-,29-17-. The van der Waals surface area contributed by atoms with Crippen LogP contribution in [0.2, 0.25) is 0 Å². The fraction of sp³-hybridized carbons (Fsp3) is 0.375. The summed E-state index contributed by atoms with van der Waals surface area (Å²) in [6.07, 6.45) is 11.5. The SMILES string of the molecule is CC(C)=CCC/C(C)=C\C(C/C(C)=C\CC/C(C)=C\CS(=O)(=O)c1ccccc1)S(=O)(=O)c1ccccc1. The van der Waals surface area contributed by atoms with E-state index < -0.39 is 24.9 Å². The highest BCUT2D eigenvalue weighted by atomic mass is 32.2. The molecule has 0 amide bonds. The molecular formula is C32H42O4S2. The maximum atomic E-state index is 13.5. The summed E-state index contributed by atoms with van der Waals surface area (Å²) in [7, 11) is -6.88. The van der Waals surface area contributed by atoms with Crippen LogP contribution < -0.4 is 0 Å². The Morgan fingerprint density at radius 2 is 1.18 bits per heavy atom. The van der Waals surface area contributed by atoms with E-state index in [4.69, 9.17) is 0 Å². The van der Waals surface area contributed by atoms with E-state index in [1.807, 2.05) is 32.9 Å². The first kappa shape index (κ1) is 31.5. The second-order valence-corrected chi connectivity index (χ2v) is 14.4. The molecule has 2 rings (SSSR count). The van der Waals surface area contributed by atoms with E-state index in [0.29, 0.717) is 16.2 Å². The minimum Gasteiger partial charge on any atom is -0.223 e. The largest absolute Gasteiger partial charge is 0.223 e. The van der Waals surface area contributed by atoms with Crippen molar-refractivity contribution >= 4 is 19.7 Å². The summed E-state index contributed by atoms with van der Waals surface area (Å²) in [5.41, 5.74) is 4.33. The van der Waals surface area contributed by atoms with Gasteiger partial charge in [0.05, 0.1) is 20.8 Å². The van der Waals surface area contributed by atoms with E-state index in [0.717, 1.165) is 42.4 Å². The van der Waals surface area contributed by atoms with Gasteiger partial charge in [0.15, 0.2) is 19.7 Å². The molecule has 0 aliphatic heterocycles. The molecule has 0 fully saturated rings. The lowest BCUT2D eigenvalue weighted by atomic mass is 10.0. The van der Waals surface area contributed by atoms with Gasteiger partial charge < -0.3 is 0 Å². The number of rotatable bonds is 14. The van der Waals surface area contributed by atoms with Crippen LogP contribution in [0, 0.1) is 0 Å². The monoisotopic (exact) mass is 554 g/mol. The molecule has 0 saturated heterocycles. The molecule has 0 aromatic heterocycles. The van der Waals surface area contributed by atoms with Crippen molar-refractivity contribution in [1.29, 1.82) is 0 Å². The van der Waals surface area contributed by atoms with Crippen LogP contribution in [0.4, 0.5) is 0 Å². The van der Waals surface area contributed by atoms with Crippen LogP contribution in [0.3, 0.4) is 0 Å².